The zero-order chi connectivity index (χ0) is 12.2. The highest BCUT2D eigenvalue weighted by atomic mass is 14.0. The molecule has 0 aliphatic carbocycles. The van der Waals surface area contributed by atoms with Crippen molar-refractivity contribution in [1.29, 1.82) is 0 Å². The average Bonchev–Trinajstić information content (AvgIpc) is 2.23. The molecule has 0 saturated carbocycles. The first kappa shape index (κ1) is 15.5. The van der Waals surface area contributed by atoms with E-state index in [0.717, 1.165) is 12.3 Å². The summed E-state index contributed by atoms with van der Waals surface area (Å²) in [5.41, 5.74) is 1.54. The number of rotatable bonds is 9. The van der Waals surface area contributed by atoms with Crippen LogP contribution >= 0.6 is 0 Å². The van der Waals surface area contributed by atoms with Crippen LogP contribution in [0, 0.1) is 5.92 Å². The second-order valence-electron chi connectivity index (χ2n) is 5.03. The van der Waals surface area contributed by atoms with Crippen molar-refractivity contribution in [3.05, 3.63) is 23.8 Å². The highest BCUT2D eigenvalue weighted by molar-refractivity contribution is 5.18. The van der Waals surface area contributed by atoms with Gasteiger partial charge in [-0.05, 0) is 31.6 Å². The van der Waals surface area contributed by atoms with Gasteiger partial charge in [0.2, 0.25) is 0 Å². The van der Waals surface area contributed by atoms with E-state index in [1.54, 1.807) is 5.57 Å². The van der Waals surface area contributed by atoms with Gasteiger partial charge < -0.3 is 0 Å². The van der Waals surface area contributed by atoms with Crippen LogP contribution in [0.1, 0.15) is 72.6 Å². The molecule has 0 bridgehead atoms. The predicted molar refractivity (Wildman–Crippen MR) is 75.7 cm³/mol. The first-order valence-corrected chi connectivity index (χ1v) is 7.06. The largest absolute Gasteiger partial charge is 0.0840 e. The number of hydrogen-bond acceptors (Lipinski definition) is 0. The summed E-state index contributed by atoms with van der Waals surface area (Å²) < 4.78 is 0. The van der Waals surface area contributed by atoms with Gasteiger partial charge in [0, 0.05) is 0 Å². The monoisotopic (exact) mass is 222 g/mol. The van der Waals surface area contributed by atoms with Gasteiger partial charge in [0.1, 0.15) is 0 Å². The molecule has 0 aromatic heterocycles. The summed E-state index contributed by atoms with van der Waals surface area (Å²) in [6.45, 7) is 9.04. The molecule has 0 radical (unpaired) electrons. The van der Waals surface area contributed by atoms with E-state index in [2.05, 4.69) is 45.9 Å². The minimum Gasteiger partial charge on any atom is -0.0840 e. The van der Waals surface area contributed by atoms with Gasteiger partial charge in [-0.3, -0.25) is 0 Å². The Morgan fingerprint density at radius 1 is 1.06 bits per heavy atom. The van der Waals surface area contributed by atoms with Crippen molar-refractivity contribution in [1.82, 2.24) is 0 Å². The van der Waals surface area contributed by atoms with E-state index in [1.807, 2.05) is 0 Å². The molecule has 0 amide bonds. The van der Waals surface area contributed by atoms with Crippen molar-refractivity contribution in [3.8, 4) is 0 Å². The van der Waals surface area contributed by atoms with Crippen LogP contribution in [0.2, 0.25) is 0 Å². The van der Waals surface area contributed by atoms with E-state index < -0.39 is 0 Å². The molecule has 0 aliphatic rings. The fourth-order valence-electron chi connectivity index (χ4n) is 1.76. The van der Waals surface area contributed by atoms with Gasteiger partial charge in [-0.2, -0.15) is 0 Å². The van der Waals surface area contributed by atoms with Crippen molar-refractivity contribution < 1.29 is 0 Å². The third-order valence-electron chi connectivity index (χ3n) is 2.72. The Hall–Kier alpha value is -0.520. The van der Waals surface area contributed by atoms with Crippen molar-refractivity contribution in [2.45, 2.75) is 72.6 Å². The lowest BCUT2D eigenvalue weighted by atomic mass is 10.0. The van der Waals surface area contributed by atoms with Crippen LogP contribution in [0.5, 0.6) is 0 Å². The summed E-state index contributed by atoms with van der Waals surface area (Å²) in [5.74, 6) is 0.777. The highest BCUT2D eigenvalue weighted by Gasteiger charge is 1.94. The number of allylic oxidation sites excluding steroid dienone is 4. The summed E-state index contributed by atoms with van der Waals surface area (Å²) >= 11 is 0. The van der Waals surface area contributed by atoms with Crippen LogP contribution in [-0.4, -0.2) is 0 Å². The summed E-state index contributed by atoms with van der Waals surface area (Å²) in [5, 5.41) is 0. The Bertz CT molecular complexity index is 196. The summed E-state index contributed by atoms with van der Waals surface area (Å²) in [6, 6.07) is 0. The van der Waals surface area contributed by atoms with E-state index >= 15 is 0 Å². The molecule has 0 saturated heterocycles. The minimum absolute atomic E-state index is 0.777. The Labute approximate surface area is 103 Å². The highest BCUT2D eigenvalue weighted by Crippen LogP contribution is 2.13. The molecule has 0 spiro atoms. The Morgan fingerprint density at radius 2 is 1.81 bits per heavy atom. The maximum atomic E-state index is 2.38. The molecule has 0 fully saturated rings. The summed E-state index contributed by atoms with van der Waals surface area (Å²) in [4.78, 5) is 0. The summed E-state index contributed by atoms with van der Waals surface area (Å²) in [7, 11) is 0. The maximum Gasteiger partial charge on any atom is -0.0282 e. The topological polar surface area (TPSA) is 0 Å². The maximum absolute atomic E-state index is 2.38. The van der Waals surface area contributed by atoms with Gasteiger partial charge in [-0.15, -0.1) is 0 Å². The molecule has 0 aliphatic heterocycles. The van der Waals surface area contributed by atoms with E-state index in [4.69, 9.17) is 0 Å². The molecule has 0 aromatic carbocycles. The fourth-order valence-corrected chi connectivity index (χ4v) is 1.76. The Kier molecular flexibility index (Phi) is 10.6. The van der Waals surface area contributed by atoms with Crippen molar-refractivity contribution in [2.24, 2.45) is 5.92 Å². The number of hydrogen-bond donors (Lipinski definition) is 0. The SMILES string of the molecule is CCC=C(C=CCC(C)C)CCCCCC. The average molecular weight is 222 g/mol. The van der Waals surface area contributed by atoms with Crippen molar-refractivity contribution >= 4 is 0 Å². The lowest BCUT2D eigenvalue weighted by Gasteiger charge is -2.03. The standard InChI is InChI=1S/C16H30/c1-5-7-8-9-13-16(11-6-2)14-10-12-15(3)4/h10-11,14-15H,5-9,12-13H2,1-4H3. The molecular weight excluding hydrogens is 192 g/mol. The van der Waals surface area contributed by atoms with Crippen LogP contribution in [-0.2, 0) is 0 Å². The second-order valence-corrected chi connectivity index (χ2v) is 5.03. The molecular formula is C16H30. The van der Waals surface area contributed by atoms with E-state index in [0.29, 0.717) is 0 Å². The first-order valence-electron chi connectivity index (χ1n) is 7.06. The number of unbranched alkanes of at least 4 members (excludes halogenated alkanes) is 3. The normalized spacial score (nSPS) is 12.9. The van der Waals surface area contributed by atoms with Gasteiger partial charge in [-0.1, -0.05) is 70.8 Å². The lowest BCUT2D eigenvalue weighted by molar-refractivity contribution is 0.659. The van der Waals surface area contributed by atoms with E-state index in [-0.39, 0.29) is 0 Å². The summed E-state index contributed by atoms with van der Waals surface area (Å²) in [6.07, 6.45) is 16.1. The van der Waals surface area contributed by atoms with Gasteiger partial charge in [-0.25, -0.2) is 0 Å². The minimum atomic E-state index is 0.777. The zero-order valence-electron chi connectivity index (χ0n) is 11.8. The van der Waals surface area contributed by atoms with E-state index in [1.165, 1.54) is 38.5 Å². The van der Waals surface area contributed by atoms with Gasteiger partial charge >= 0.3 is 0 Å². The molecule has 94 valence electrons. The molecule has 0 heteroatoms. The van der Waals surface area contributed by atoms with Crippen LogP contribution in [0.3, 0.4) is 0 Å². The van der Waals surface area contributed by atoms with Crippen LogP contribution in [0.4, 0.5) is 0 Å². The second kappa shape index (κ2) is 11.0. The molecule has 0 N–H and O–H groups in total. The fraction of sp³-hybridized carbons (Fsp3) is 0.750. The zero-order valence-corrected chi connectivity index (χ0v) is 11.8. The van der Waals surface area contributed by atoms with Crippen molar-refractivity contribution in [3.63, 3.8) is 0 Å². The third kappa shape index (κ3) is 10.0. The smallest absolute Gasteiger partial charge is 0.0282 e. The molecule has 0 aromatic rings. The Balaban J connectivity index is 3.89. The lowest BCUT2D eigenvalue weighted by Crippen LogP contribution is -1.84. The first-order chi connectivity index (χ1) is 7.70. The van der Waals surface area contributed by atoms with Gasteiger partial charge in [0.15, 0.2) is 0 Å². The predicted octanol–water partition coefficient (Wildman–Crippen LogP) is 5.90. The molecule has 0 heterocycles. The van der Waals surface area contributed by atoms with E-state index in [9.17, 15) is 0 Å². The van der Waals surface area contributed by atoms with Gasteiger partial charge in [0.05, 0.1) is 0 Å². The molecule has 0 nitrogen and oxygen atoms in total. The molecule has 0 unspecified atom stereocenters. The van der Waals surface area contributed by atoms with Crippen LogP contribution in [0.15, 0.2) is 23.8 Å². The quantitative estimate of drug-likeness (QED) is 0.337. The molecule has 0 atom stereocenters. The van der Waals surface area contributed by atoms with Crippen LogP contribution < -0.4 is 0 Å². The third-order valence-corrected chi connectivity index (χ3v) is 2.72. The van der Waals surface area contributed by atoms with Crippen LogP contribution in [0.25, 0.3) is 0 Å². The Morgan fingerprint density at radius 3 is 2.38 bits per heavy atom. The molecule has 16 heavy (non-hydrogen) atoms. The van der Waals surface area contributed by atoms with Gasteiger partial charge in [0.25, 0.3) is 0 Å². The molecule has 0 rings (SSSR count). The van der Waals surface area contributed by atoms with Crippen molar-refractivity contribution in [2.75, 3.05) is 0 Å².